The molecule has 2 N–H and O–H groups in total. The summed E-state index contributed by atoms with van der Waals surface area (Å²) in [5, 5.41) is 5.51. The number of sulfonamides is 1. The lowest BCUT2D eigenvalue weighted by Gasteiger charge is -2.19. The quantitative estimate of drug-likeness (QED) is 0.304. The van der Waals surface area contributed by atoms with Crippen LogP contribution in [-0.4, -0.2) is 63.3 Å². The summed E-state index contributed by atoms with van der Waals surface area (Å²) in [7, 11) is -3.37. The monoisotopic (exact) mass is 474 g/mol. The molecule has 0 fully saturated rings. The smallest absolute Gasteiger partial charge is 0.357 e. The van der Waals surface area contributed by atoms with E-state index in [1.807, 2.05) is 0 Å². The van der Waals surface area contributed by atoms with Crippen molar-refractivity contribution in [3.05, 3.63) is 0 Å². The fraction of sp³-hybridized carbons (Fsp3) is 0.917. The van der Waals surface area contributed by atoms with Crippen LogP contribution in [0.1, 0.15) is 27.2 Å². The van der Waals surface area contributed by atoms with E-state index in [0.29, 0.717) is 19.6 Å². The molecule has 0 amide bonds. The number of alkyl halides is 3. The third-order valence-electron chi connectivity index (χ3n) is 2.76. The summed E-state index contributed by atoms with van der Waals surface area (Å²) in [6.45, 7) is 6.19. The van der Waals surface area contributed by atoms with Crippen LogP contribution in [0.25, 0.3) is 0 Å². The minimum atomic E-state index is -4.26. The summed E-state index contributed by atoms with van der Waals surface area (Å²) >= 11 is 0. The molecule has 0 aromatic carbocycles. The number of hydrogen-bond donors (Lipinski definition) is 2. The van der Waals surface area contributed by atoms with Gasteiger partial charge in [0.15, 0.2) is 5.96 Å². The van der Waals surface area contributed by atoms with Gasteiger partial charge in [-0.2, -0.15) is 13.2 Å². The molecule has 0 aliphatic rings. The van der Waals surface area contributed by atoms with E-state index in [9.17, 15) is 21.6 Å². The van der Waals surface area contributed by atoms with Crippen molar-refractivity contribution in [2.45, 2.75) is 33.4 Å². The summed E-state index contributed by atoms with van der Waals surface area (Å²) in [5.74, 6) is 0.0414. The van der Waals surface area contributed by atoms with Gasteiger partial charge in [0.25, 0.3) is 0 Å². The lowest BCUT2D eigenvalue weighted by atomic mass is 10.4. The van der Waals surface area contributed by atoms with Gasteiger partial charge in [-0.25, -0.2) is 12.7 Å². The molecular formula is C12H26F3IN4O2S. The number of nitrogens with zero attached hydrogens (tertiary/aromatic N) is 2. The maximum Gasteiger partial charge on any atom is 0.390 e. The Labute approximate surface area is 153 Å². The molecule has 0 heterocycles. The molecule has 0 aromatic heterocycles. The van der Waals surface area contributed by atoms with Gasteiger partial charge in [0.1, 0.15) is 0 Å². The summed E-state index contributed by atoms with van der Waals surface area (Å²) < 4.78 is 61.5. The molecule has 6 nitrogen and oxygen atoms in total. The Balaban J connectivity index is 0. The Morgan fingerprint density at radius 3 is 2.13 bits per heavy atom. The number of nitrogens with one attached hydrogen (secondary N) is 2. The van der Waals surface area contributed by atoms with Crippen molar-refractivity contribution in [1.29, 1.82) is 0 Å². The second kappa shape index (κ2) is 12.1. The van der Waals surface area contributed by atoms with Crippen LogP contribution in [0.5, 0.6) is 0 Å². The SMILES string of the molecule is CCNC(=NCCC(F)(F)F)NCCS(=O)(=O)N(CC)CC.I. The lowest BCUT2D eigenvalue weighted by Crippen LogP contribution is -2.42. The standard InChI is InChI=1S/C12H25F3N4O2S.HI/c1-4-16-11(17-8-7-12(13,14)15)18-9-10-22(20,21)19(5-2)6-3;/h4-10H2,1-3H3,(H2,16,17,18);1H. The maximum absolute atomic E-state index is 12.1. The molecule has 0 radical (unpaired) electrons. The summed E-state index contributed by atoms with van der Waals surface area (Å²) in [6.07, 6.45) is -5.27. The Bertz CT molecular complexity index is 440. The summed E-state index contributed by atoms with van der Waals surface area (Å²) in [6, 6.07) is 0. The van der Waals surface area contributed by atoms with Gasteiger partial charge in [-0.1, -0.05) is 13.8 Å². The van der Waals surface area contributed by atoms with Crippen molar-refractivity contribution in [3.8, 4) is 0 Å². The predicted octanol–water partition coefficient (Wildman–Crippen LogP) is 1.78. The van der Waals surface area contributed by atoms with Gasteiger partial charge in [0.2, 0.25) is 10.0 Å². The molecule has 11 heteroatoms. The molecule has 0 rings (SSSR count). The first-order chi connectivity index (χ1) is 10.2. The molecule has 23 heavy (non-hydrogen) atoms. The highest BCUT2D eigenvalue weighted by Gasteiger charge is 2.26. The Morgan fingerprint density at radius 2 is 1.70 bits per heavy atom. The van der Waals surface area contributed by atoms with Gasteiger partial charge in [-0.15, -0.1) is 24.0 Å². The highest BCUT2D eigenvalue weighted by atomic mass is 127. The second-order valence-electron chi connectivity index (χ2n) is 4.45. The van der Waals surface area contributed by atoms with E-state index < -0.39 is 29.2 Å². The van der Waals surface area contributed by atoms with E-state index in [-0.39, 0.29) is 42.2 Å². The summed E-state index contributed by atoms with van der Waals surface area (Å²) in [4.78, 5) is 3.77. The molecule has 0 spiro atoms. The predicted molar refractivity (Wildman–Crippen MR) is 96.8 cm³/mol. The van der Waals surface area contributed by atoms with Gasteiger partial charge < -0.3 is 10.6 Å². The molecule has 0 saturated carbocycles. The normalized spacial score (nSPS) is 12.9. The molecular weight excluding hydrogens is 448 g/mol. The topological polar surface area (TPSA) is 73.8 Å². The fourth-order valence-electron chi connectivity index (χ4n) is 1.68. The molecule has 0 unspecified atom stereocenters. The van der Waals surface area contributed by atoms with Crippen molar-refractivity contribution < 1.29 is 21.6 Å². The number of hydrogen-bond acceptors (Lipinski definition) is 3. The first kappa shape index (κ1) is 24.9. The maximum atomic E-state index is 12.1. The van der Waals surface area contributed by atoms with Crippen LogP contribution in [0.3, 0.4) is 0 Å². The van der Waals surface area contributed by atoms with Crippen molar-refractivity contribution >= 4 is 40.0 Å². The molecule has 0 aliphatic heterocycles. The van der Waals surface area contributed by atoms with Gasteiger partial charge in [-0.05, 0) is 6.92 Å². The van der Waals surface area contributed by atoms with Crippen LogP contribution < -0.4 is 10.6 Å². The zero-order valence-electron chi connectivity index (χ0n) is 13.6. The number of rotatable bonds is 9. The van der Waals surface area contributed by atoms with Crippen LogP contribution in [-0.2, 0) is 10.0 Å². The molecule has 0 saturated heterocycles. The molecule has 0 aliphatic carbocycles. The molecule has 0 aromatic rings. The van der Waals surface area contributed by atoms with E-state index in [1.165, 1.54) is 4.31 Å². The second-order valence-corrected chi connectivity index (χ2v) is 6.54. The van der Waals surface area contributed by atoms with Gasteiger partial charge in [0.05, 0.1) is 18.7 Å². The lowest BCUT2D eigenvalue weighted by molar-refractivity contribution is -0.132. The third-order valence-corrected chi connectivity index (χ3v) is 4.78. The van der Waals surface area contributed by atoms with E-state index in [2.05, 4.69) is 15.6 Å². The van der Waals surface area contributed by atoms with Crippen LogP contribution in [0.15, 0.2) is 4.99 Å². The van der Waals surface area contributed by atoms with Crippen LogP contribution in [0, 0.1) is 0 Å². The molecule has 140 valence electrons. The van der Waals surface area contributed by atoms with Gasteiger partial charge >= 0.3 is 6.18 Å². The van der Waals surface area contributed by atoms with Crippen molar-refractivity contribution in [3.63, 3.8) is 0 Å². The van der Waals surface area contributed by atoms with Gasteiger partial charge in [-0.3, -0.25) is 4.99 Å². The van der Waals surface area contributed by atoms with Crippen molar-refractivity contribution in [1.82, 2.24) is 14.9 Å². The van der Waals surface area contributed by atoms with Crippen molar-refractivity contribution in [2.24, 2.45) is 4.99 Å². The highest BCUT2D eigenvalue weighted by Crippen LogP contribution is 2.18. The molecule has 0 atom stereocenters. The van der Waals surface area contributed by atoms with Gasteiger partial charge in [0, 0.05) is 26.2 Å². The summed E-state index contributed by atoms with van der Waals surface area (Å²) in [5.41, 5.74) is 0. The van der Waals surface area contributed by atoms with Crippen LogP contribution >= 0.6 is 24.0 Å². The minimum absolute atomic E-state index is 0. The van der Waals surface area contributed by atoms with E-state index in [1.54, 1.807) is 20.8 Å². The number of halogens is 4. The molecule has 0 bridgehead atoms. The fourth-order valence-corrected chi connectivity index (χ4v) is 3.09. The Hall–Kier alpha value is -0.300. The highest BCUT2D eigenvalue weighted by molar-refractivity contribution is 14.0. The Morgan fingerprint density at radius 1 is 1.13 bits per heavy atom. The van der Waals surface area contributed by atoms with E-state index >= 15 is 0 Å². The minimum Gasteiger partial charge on any atom is -0.357 e. The third kappa shape index (κ3) is 11.8. The van der Waals surface area contributed by atoms with E-state index in [0.717, 1.165) is 0 Å². The zero-order chi connectivity index (χ0) is 17.2. The average molecular weight is 474 g/mol. The first-order valence-electron chi connectivity index (χ1n) is 7.23. The Kier molecular flexibility index (Phi) is 13.1. The average Bonchev–Trinajstić information content (AvgIpc) is 2.38. The first-order valence-corrected chi connectivity index (χ1v) is 8.83. The zero-order valence-corrected chi connectivity index (χ0v) is 16.8. The number of aliphatic imine (C=N–C) groups is 1. The van der Waals surface area contributed by atoms with Crippen molar-refractivity contribution in [2.75, 3.05) is 38.5 Å². The largest absolute Gasteiger partial charge is 0.390 e. The van der Waals surface area contributed by atoms with Crippen LogP contribution in [0.4, 0.5) is 13.2 Å². The van der Waals surface area contributed by atoms with E-state index in [4.69, 9.17) is 0 Å². The van der Waals surface area contributed by atoms with Crippen LogP contribution in [0.2, 0.25) is 0 Å². The number of guanidine groups is 1.